The fourth-order valence-corrected chi connectivity index (χ4v) is 4.22. The number of thiophene rings is 1. The third-order valence-electron chi connectivity index (χ3n) is 4.39. The number of aromatic nitrogens is 3. The lowest BCUT2D eigenvalue weighted by atomic mass is 10.1. The van der Waals surface area contributed by atoms with E-state index in [-0.39, 0.29) is 5.56 Å². The van der Waals surface area contributed by atoms with Crippen LogP contribution < -0.4 is 10.3 Å². The van der Waals surface area contributed by atoms with E-state index < -0.39 is 0 Å². The van der Waals surface area contributed by atoms with Crippen LogP contribution in [0.5, 0.6) is 5.75 Å². The van der Waals surface area contributed by atoms with Gasteiger partial charge in [0.15, 0.2) is 0 Å². The van der Waals surface area contributed by atoms with Gasteiger partial charge in [-0.2, -0.15) is 0 Å². The molecule has 25 heavy (non-hydrogen) atoms. The van der Waals surface area contributed by atoms with E-state index in [9.17, 15) is 4.79 Å². The first-order valence-corrected chi connectivity index (χ1v) is 8.63. The maximum atomic E-state index is 12.8. The van der Waals surface area contributed by atoms with Gasteiger partial charge in [-0.05, 0) is 30.3 Å². The Morgan fingerprint density at radius 2 is 1.88 bits per heavy atom. The number of nitrogens with one attached hydrogen (secondary N) is 1. The Labute approximate surface area is 146 Å². The lowest BCUT2D eigenvalue weighted by Crippen LogP contribution is -2.14. The van der Waals surface area contributed by atoms with Crippen molar-refractivity contribution < 1.29 is 4.74 Å². The van der Waals surface area contributed by atoms with Gasteiger partial charge in [0.1, 0.15) is 10.6 Å². The van der Waals surface area contributed by atoms with Gasteiger partial charge < -0.3 is 4.74 Å². The predicted octanol–water partition coefficient (Wildman–Crippen LogP) is 4.09. The molecular weight excluding hydrogens is 334 g/mol. The smallest absolute Gasteiger partial charge is 0.280 e. The minimum atomic E-state index is -0.107. The molecule has 0 fully saturated rings. The van der Waals surface area contributed by atoms with Gasteiger partial charge in [0.2, 0.25) is 0 Å². The Morgan fingerprint density at radius 1 is 1.08 bits per heavy atom. The lowest BCUT2D eigenvalue weighted by Gasteiger charge is -2.03. The molecule has 1 N–H and O–H groups in total. The van der Waals surface area contributed by atoms with Crippen molar-refractivity contribution in [1.29, 1.82) is 0 Å². The van der Waals surface area contributed by atoms with Crippen LogP contribution in [0.25, 0.3) is 36.9 Å². The number of hydrogen-bond donors (Lipinski definition) is 1. The SMILES string of the molecule is COc1ccc(-n2[nH]c3c(cnc4sc5ccccc5c43)c2=O)cc1. The summed E-state index contributed by atoms with van der Waals surface area (Å²) in [6, 6.07) is 15.5. The van der Waals surface area contributed by atoms with Crippen molar-refractivity contribution in [3.8, 4) is 11.4 Å². The van der Waals surface area contributed by atoms with Crippen LogP contribution in [0.1, 0.15) is 0 Å². The molecule has 0 saturated heterocycles. The van der Waals surface area contributed by atoms with Gasteiger partial charge in [-0.3, -0.25) is 9.89 Å². The maximum absolute atomic E-state index is 12.8. The van der Waals surface area contributed by atoms with E-state index in [2.05, 4.69) is 22.2 Å². The number of methoxy groups -OCH3 is 1. The van der Waals surface area contributed by atoms with Gasteiger partial charge in [0.05, 0.1) is 23.7 Å². The molecule has 2 aromatic carbocycles. The molecule has 6 heteroatoms. The highest BCUT2D eigenvalue weighted by Crippen LogP contribution is 2.35. The number of benzene rings is 2. The summed E-state index contributed by atoms with van der Waals surface area (Å²) in [5.74, 6) is 0.751. The molecule has 5 rings (SSSR count). The van der Waals surface area contributed by atoms with Crippen molar-refractivity contribution in [2.75, 3.05) is 7.11 Å². The number of hydrogen-bond acceptors (Lipinski definition) is 4. The van der Waals surface area contributed by atoms with Gasteiger partial charge in [0, 0.05) is 21.7 Å². The molecule has 0 bridgehead atoms. The van der Waals surface area contributed by atoms with Crippen molar-refractivity contribution in [3.63, 3.8) is 0 Å². The Hall–Kier alpha value is -3.12. The van der Waals surface area contributed by atoms with Crippen LogP contribution in [0.15, 0.2) is 59.5 Å². The number of aromatic amines is 1. The van der Waals surface area contributed by atoms with Crippen molar-refractivity contribution in [2.45, 2.75) is 0 Å². The van der Waals surface area contributed by atoms with Crippen molar-refractivity contribution in [2.24, 2.45) is 0 Å². The van der Waals surface area contributed by atoms with Crippen molar-refractivity contribution in [3.05, 3.63) is 65.1 Å². The molecule has 0 aliphatic heterocycles. The number of rotatable bonds is 2. The fourth-order valence-electron chi connectivity index (χ4n) is 3.16. The maximum Gasteiger partial charge on any atom is 0.280 e. The van der Waals surface area contributed by atoms with Crippen LogP contribution >= 0.6 is 11.3 Å². The van der Waals surface area contributed by atoms with E-state index in [1.165, 1.54) is 0 Å². The Kier molecular flexibility index (Phi) is 2.96. The summed E-state index contributed by atoms with van der Waals surface area (Å²) in [7, 11) is 1.62. The quantitative estimate of drug-likeness (QED) is 0.523. The highest BCUT2D eigenvalue weighted by atomic mass is 32.1. The van der Waals surface area contributed by atoms with Gasteiger partial charge in [-0.25, -0.2) is 9.67 Å². The van der Waals surface area contributed by atoms with Crippen LogP contribution in [0, 0.1) is 0 Å². The third kappa shape index (κ3) is 2.01. The van der Waals surface area contributed by atoms with E-state index in [4.69, 9.17) is 4.74 Å². The first-order chi connectivity index (χ1) is 12.3. The molecule has 0 atom stereocenters. The molecule has 0 aliphatic carbocycles. The molecule has 122 valence electrons. The largest absolute Gasteiger partial charge is 0.497 e. The second-order valence-electron chi connectivity index (χ2n) is 5.78. The summed E-state index contributed by atoms with van der Waals surface area (Å²) in [5, 5.41) is 5.98. The van der Waals surface area contributed by atoms with Crippen LogP contribution in [-0.4, -0.2) is 21.9 Å². The minimum absolute atomic E-state index is 0.107. The first kappa shape index (κ1) is 14.2. The Balaban J connectivity index is 1.85. The highest BCUT2D eigenvalue weighted by molar-refractivity contribution is 7.25. The molecule has 0 saturated carbocycles. The molecule has 0 unspecified atom stereocenters. The van der Waals surface area contributed by atoms with Crippen molar-refractivity contribution in [1.82, 2.24) is 14.8 Å². The van der Waals surface area contributed by atoms with Gasteiger partial charge in [0.25, 0.3) is 5.56 Å². The van der Waals surface area contributed by atoms with Crippen LogP contribution in [0.4, 0.5) is 0 Å². The molecular formula is C19H13N3O2S. The van der Waals surface area contributed by atoms with E-state index in [1.54, 1.807) is 29.3 Å². The Bertz CT molecular complexity index is 1300. The molecule has 5 aromatic rings. The summed E-state index contributed by atoms with van der Waals surface area (Å²) < 4.78 is 7.90. The van der Waals surface area contributed by atoms with Gasteiger partial charge >= 0.3 is 0 Å². The molecule has 0 spiro atoms. The molecule has 3 aromatic heterocycles. The summed E-state index contributed by atoms with van der Waals surface area (Å²) in [6.07, 6.45) is 1.66. The van der Waals surface area contributed by atoms with Gasteiger partial charge in [-0.15, -0.1) is 11.3 Å². The number of H-pyrrole nitrogens is 1. The number of pyridine rings is 1. The molecule has 3 heterocycles. The normalized spacial score (nSPS) is 11.6. The first-order valence-electron chi connectivity index (χ1n) is 7.81. The predicted molar refractivity (Wildman–Crippen MR) is 101 cm³/mol. The van der Waals surface area contributed by atoms with Crippen molar-refractivity contribution >= 4 is 42.5 Å². The lowest BCUT2D eigenvalue weighted by molar-refractivity contribution is 0.414. The van der Waals surface area contributed by atoms with Crippen LogP contribution in [-0.2, 0) is 0 Å². The van der Waals surface area contributed by atoms with E-state index in [1.807, 2.05) is 36.4 Å². The highest BCUT2D eigenvalue weighted by Gasteiger charge is 2.15. The second kappa shape index (κ2) is 5.19. The summed E-state index contributed by atoms with van der Waals surface area (Å²) in [6.45, 7) is 0. The molecule has 0 radical (unpaired) electrons. The second-order valence-corrected chi connectivity index (χ2v) is 6.81. The zero-order chi connectivity index (χ0) is 17.0. The summed E-state index contributed by atoms with van der Waals surface area (Å²) >= 11 is 1.63. The zero-order valence-electron chi connectivity index (χ0n) is 13.3. The number of fused-ring (bicyclic) bond motifs is 5. The monoisotopic (exact) mass is 347 g/mol. The average Bonchev–Trinajstić information content (AvgIpc) is 3.19. The molecule has 0 amide bonds. The van der Waals surface area contributed by atoms with E-state index >= 15 is 0 Å². The Morgan fingerprint density at radius 3 is 2.68 bits per heavy atom. The van der Waals surface area contributed by atoms with Crippen LogP contribution in [0.3, 0.4) is 0 Å². The zero-order valence-corrected chi connectivity index (χ0v) is 14.1. The van der Waals surface area contributed by atoms with E-state index in [0.717, 1.165) is 37.3 Å². The minimum Gasteiger partial charge on any atom is -0.497 e. The average molecular weight is 347 g/mol. The summed E-state index contributed by atoms with van der Waals surface area (Å²) in [5.41, 5.74) is 1.47. The fraction of sp³-hybridized carbons (Fsp3) is 0.0526. The third-order valence-corrected chi connectivity index (χ3v) is 5.47. The van der Waals surface area contributed by atoms with Gasteiger partial charge in [-0.1, -0.05) is 18.2 Å². The van der Waals surface area contributed by atoms with E-state index in [0.29, 0.717) is 5.39 Å². The number of nitrogens with zero attached hydrogens (tertiary/aromatic N) is 2. The van der Waals surface area contributed by atoms with Crippen LogP contribution in [0.2, 0.25) is 0 Å². The number of ether oxygens (including phenoxy) is 1. The molecule has 0 aliphatic rings. The summed E-state index contributed by atoms with van der Waals surface area (Å²) in [4.78, 5) is 18.3. The standard InChI is InChI=1S/C19H13N3O2S/c1-24-12-8-6-11(7-9-12)22-19(23)14-10-20-18-16(17(14)21-22)13-4-2-3-5-15(13)25-18/h2-10,21H,1H3. The topological polar surface area (TPSA) is 59.9 Å². The molecule has 5 nitrogen and oxygen atoms in total.